The third-order valence-electron chi connectivity index (χ3n) is 4.75. The van der Waals surface area contributed by atoms with Crippen molar-refractivity contribution in [3.8, 4) is 0 Å². The molecule has 6 nitrogen and oxygen atoms in total. The van der Waals surface area contributed by atoms with Crippen molar-refractivity contribution in [1.82, 2.24) is 0 Å². The first-order chi connectivity index (χ1) is 12.2. The summed E-state index contributed by atoms with van der Waals surface area (Å²) in [5, 5.41) is 9.41. The first kappa shape index (κ1) is 19.7. The largest absolute Gasteiger partial charge is 0.478 e. The topological polar surface area (TPSA) is 89.9 Å². The highest BCUT2D eigenvalue weighted by Crippen LogP contribution is 2.36. The fourth-order valence-corrected chi connectivity index (χ4v) is 3.11. The Bertz CT molecular complexity index is 725. The van der Waals surface area contributed by atoms with Crippen molar-refractivity contribution in [3.63, 3.8) is 0 Å². The number of aliphatic carboxylic acids is 1. The number of carbonyl (C=O) groups is 3. The van der Waals surface area contributed by atoms with E-state index in [2.05, 4.69) is 6.58 Å². The molecule has 140 valence electrons. The maximum Gasteiger partial charge on any atom is 0.334 e. The van der Waals surface area contributed by atoms with Gasteiger partial charge in [0.15, 0.2) is 0 Å². The molecule has 0 unspecified atom stereocenters. The second-order valence-electron chi connectivity index (χ2n) is 6.63. The Labute approximate surface area is 152 Å². The number of carboxylic acids is 1. The van der Waals surface area contributed by atoms with Crippen LogP contribution in [0.15, 0.2) is 47.1 Å². The molecule has 1 saturated heterocycles. The molecule has 0 aromatic rings. The number of fused-ring (bicyclic) bond motifs is 1. The van der Waals surface area contributed by atoms with E-state index in [9.17, 15) is 19.5 Å². The molecule has 3 atom stereocenters. The van der Waals surface area contributed by atoms with E-state index in [0.717, 1.165) is 5.57 Å². The van der Waals surface area contributed by atoms with Crippen LogP contribution in [0.5, 0.6) is 0 Å². The average Bonchev–Trinajstić information content (AvgIpc) is 2.86. The standard InChI is InChI=1S/C20H24O6/c1-5-12(3)19(23)25-15-9-11(2)7-6-8-14(18(21)22)10-16-17(15)13(4)20(24)26-16/h5,7,10,15-17H,4,6,8-9H2,1-3H3,(H,21,22)/b11-7+,12-5+,14-10-/t15-,16-,17-/m1/s1. The van der Waals surface area contributed by atoms with E-state index in [0.29, 0.717) is 24.8 Å². The van der Waals surface area contributed by atoms with Gasteiger partial charge < -0.3 is 14.6 Å². The van der Waals surface area contributed by atoms with Crippen LogP contribution < -0.4 is 0 Å². The molecule has 0 radical (unpaired) electrons. The van der Waals surface area contributed by atoms with Gasteiger partial charge in [-0.25, -0.2) is 14.4 Å². The first-order valence-electron chi connectivity index (χ1n) is 8.57. The summed E-state index contributed by atoms with van der Waals surface area (Å²) in [5.41, 5.74) is 1.78. The van der Waals surface area contributed by atoms with Gasteiger partial charge in [-0.1, -0.05) is 24.3 Å². The summed E-state index contributed by atoms with van der Waals surface area (Å²) in [5.74, 6) is -2.74. The molecule has 0 spiro atoms. The molecular weight excluding hydrogens is 336 g/mol. The Morgan fingerprint density at radius 1 is 1.42 bits per heavy atom. The third-order valence-corrected chi connectivity index (χ3v) is 4.75. The summed E-state index contributed by atoms with van der Waals surface area (Å²) in [6.07, 6.45) is 4.86. The van der Waals surface area contributed by atoms with Gasteiger partial charge in [0, 0.05) is 23.1 Å². The maximum absolute atomic E-state index is 12.3. The average molecular weight is 360 g/mol. The van der Waals surface area contributed by atoms with Crippen LogP contribution in [0.25, 0.3) is 0 Å². The predicted octanol–water partition coefficient (Wildman–Crippen LogP) is 3.10. The molecule has 2 aliphatic rings. The van der Waals surface area contributed by atoms with Crippen LogP contribution in [-0.4, -0.2) is 35.2 Å². The molecule has 0 aromatic heterocycles. The second kappa shape index (κ2) is 8.17. The molecular formula is C20H24O6. The minimum absolute atomic E-state index is 0.170. The molecule has 1 fully saturated rings. The highest BCUT2D eigenvalue weighted by Gasteiger charge is 2.44. The zero-order valence-corrected chi connectivity index (χ0v) is 15.3. The Hall–Kier alpha value is -2.63. The summed E-state index contributed by atoms with van der Waals surface area (Å²) >= 11 is 0. The molecule has 1 heterocycles. The maximum atomic E-state index is 12.3. The normalized spacial score (nSPS) is 31.0. The van der Waals surface area contributed by atoms with E-state index >= 15 is 0 Å². The summed E-state index contributed by atoms with van der Waals surface area (Å²) in [7, 11) is 0. The molecule has 0 bridgehead atoms. The van der Waals surface area contributed by atoms with Crippen molar-refractivity contribution in [2.24, 2.45) is 5.92 Å². The summed E-state index contributed by atoms with van der Waals surface area (Å²) in [6, 6.07) is 0. The van der Waals surface area contributed by atoms with Crippen molar-refractivity contribution >= 4 is 17.9 Å². The van der Waals surface area contributed by atoms with E-state index in [4.69, 9.17) is 9.47 Å². The van der Waals surface area contributed by atoms with Crippen molar-refractivity contribution in [2.75, 3.05) is 0 Å². The van der Waals surface area contributed by atoms with Gasteiger partial charge in [-0.3, -0.25) is 0 Å². The fourth-order valence-electron chi connectivity index (χ4n) is 3.11. The fraction of sp³-hybridized carbons (Fsp3) is 0.450. The van der Waals surface area contributed by atoms with Gasteiger partial charge in [0.2, 0.25) is 0 Å². The lowest BCUT2D eigenvalue weighted by Gasteiger charge is -2.27. The van der Waals surface area contributed by atoms with Gasteiger partial charge in [-0.15, -0.1) is 0 Å². The zero-order chi connectivity index (χ0) is 19.4. The molecule has 1 aliphatic carbocycles. The summed E-state index contributed by atoms with van der Waals surface area (Å²) in [4.78, 5) is 35.8. The lowest BCUT2D eigenvalue weighted by atomic mass is 9.85. The molecule has 26 heavy (non-hydrogen) atoms. The first-order valence-corrected chi connectivity index (χ1v) is 8.57. The molecule has 0 aromatic carbocycles. The lowest BCUT2D eigenvalue weighted by Crippen LogP contribution is -2.34. The number of esters is 2. The van der Waals surface area contributed by atoms with Gasteiger partial charge >= 0.3 is 17.9 Å². The third kappa shape index (κ3) is 4.31. The zero-order valence-electron chi connectivity index (χ0n) is 15.3. The minimum atomic E-state index is -1.05. The number of allylic oxidation sites excluding steroid dienone is 2. The van der Waals surface area contributed by atoms with Gasteiger partial charge in [-0.2, -0.15) is 0 Å². The SMILES string of the molecule is C=C1C(=O)O[C@@H]2/C=C(\C(=O)O)CC/C=C(\C)C[C@@H](OC(=O)/C(C)=C/C)[C@@H]12. The molecule has 1 N–H and O–H groups in total. The van der Waals surface area contributed by atoms with E-state index < -0.39 is 36.0 Å². The van der Waals surface area contributed by atoms with E-state index in [-0.39, 0.29) is 11.1 Å². The monoisotopic (exact) mass is 360 g/mol. The van der Waals surface area contributed by atoms with E-state index in [1.165, 1.54) is 6.08 Å². The van der Waals surface area contributed by atoms with E-state index in [1.54, 1.807) is 19.9 Å². The molecule has 2 rings (SSSR count). The van der Waals surface area contributed by atoms with Crippen LogP contribution in [0, 0.1) is 5.92 Å². The summed E-state index contributed by atoms with van der Waals surface area (Å²) < 4.78 is 11.0. The highest BCUT2D eigenvalue weighted by molar-refractivity contribution is 5.92. The Morgan fingerprint density at radius 3 is 2.73 bits per heavy atom. The van der Waals surface area contributed by atoms with Crippen molar-refractivity contribution in [1.29, 1.82) is 0 Å². The van der Waals surface area contributed by atoms with Crippen LogP contribution in [0.2, 0.25) is 0 Å². The number of hydrogen-bond acceptors (Lipinski definition) is 5. The molecule has 0 saturated carbocycles. The smallest absolute Gasteiger partial charge is 0.334 e. The number of rotatable bonds is 3. The number of ether oxygens (including phenoxy) is 2. The van der Waals surface area contributed by atoms with Gasteiger partial charge in [0.05, 0.1) is 5.92 Å². The Morgan fingerprint density at radius 2 is 2.12 bits per heavy atom. The van der Waals surface area contributed by atoms with Crippen molar-refractivity contribution < 1.29 is 29.0 Å². The number of carbonyl (C=O) groups excluding carboxylic acids is 2. The Kier molecular flexibility index (Phi) is 6.18. The number of hydrogen-bond donors (Lipinski definition) is 1. The van der Waals surface area contributed by atoms with Crippen LogP contribution in [0.3, 0.4) is 0 Å². The second-order valence-corrected chi connectivity index (χ2v) is 6.63. The van der Waals surface area contributed by atoms with Gasteiger partial charge in [-0.05, 0) is 39.7 Å². The van der Waals surface area contributed by atoms with Crippen molar-refractivity contribution in [3.05, 3.63) is 47.1 Å². The molecule has 6 heteroatoms. The highest BCUT2D eigenvalue weighted by atomic mass is 16.6. The predicted molar refractivity (Wildman–Crippen MR) is 95.1 cm³/mol. The van der Waals surface area contributed by atoms with Crippen LogP contribution in [0.1, 0.15) is 40.0 Å². The van der Waals surface area contributed by atoms with Gasteiger partial charge in [0.25, 0.3) is 0 Å². The van der Waals surface area contributed by atoms with Gasteiger partial charge in [0.1, 0.15) is 12.2 Å². The van der Waals surface area contributed by atoms with Crippen molar-refractivity contribution in [2.45, 2.75) is 52.2 Å². The summed E-state index contributed by atoms with van der Waals surface area (Å²) in [6.45, 7) is 9.07. The van der Waals surface area contributed by atoms with Crippen LogP contribution in [-0.2, 0) is 23.9 Å². The van der Waals surface area contributed by atoms with Crippen LogP contribution in [0.4, 0.5) is 0 Å². The van der Waals surface area contributed by atoms with E-state index in [1.807, 2.05) is 13.0 Å². The quantitative estimate of drug-likeness (QED) is 0.472. The lowest BCUT2D eigenvalue weighted by molar-refractivity contribution is -0.147. The Balaban J connectivity index is 2.45. The minimum Gasteiger partial charge on any atom is -0.478 e. The number of carboxylic acid groups (broad SMARTS) is 1. The van der Waals surface area contributed by atoms with Crippen LogP contribution >= 0.6 is 0 Å². The molecule has 0 amide bonds. The molecule has 1 aliphatic heterocycles.